The van der Waals surface area contributed by atoms with Crippen LogP contribution in [0.25, 0.3) is 0 Å². The second-order valence-electron chi connectivity index (χ2n) is 9.52. The van der Waals surface area contributed by atoms with Crippen molar-refractivity contribution in [3.8, 4) is 0 Å². The Morgan fingerprint density at radius 1 is 0.868 bits per heavy atom. The Bertz CT molecular complexity index is 1380. The van der Waals surface area contributed by atoms with Crippen molar-refractivity contribution in [2.24, 2.45) is 5.92 Å². The largest absolute Gasteiger partial charge is 0.300 e. The van der Waals surface area contributed by atoms with Crippen LogP contribution in [0.5, 0.6) is 0 Å². The van der Waals surface area contributed by atoms with Crippen LogP contribution in [0.2, 0.25) is 0 Å². The monoisotopic (exact) mass is 548 g/mol. The van der Waals surface area contributed by atoms with E-state index in [0.29, 0.717) is 22.1 Å². The zero-order valence-corrected chi connectivity index (χ0v) is 22.7. The minimum atomic E-state index is -0.327. The van der Waals surface area contributed by atoms with Crippen molar-refractivity contribution in [1.82, 2.24) is 30.4 Å². The number of nitrogens with zero attached hydrogens (tertiary/aromatic N) is 6. The maximum absolute atomic E-state index is 12.6. The highest BCUT2D eigenvalue weighted by molar-refractivity contribution is 7.15. The summed E-state index contributed by atoms with van der Waals surface area (Å²) in [6, 6.07) is 7.41. The molecule has 1 saturated carbocycles. The van der Waals surface area contributed by atoms with Crippen molar-refractivity contribution in [2.75, 3.05) is 10.6 Å². The second-order valence-corrected chi connectivity index (χ2v) is 11.6. The van der Waals surface area contributed by atoms with Crippen molar-refractivity contribution < 1.29 is 9.59 Å². The maximum atomic E-state index is 12.6. The Balaban J connectivity index is 1.11. The Morgan fingerprint density at radius 2 is 1.47 bits per heavy atom. The minimum Gasteiger partial charge on any atom is -0.300 e. The summed E-state index contributed by atoms with van der Waals surface area (Å²) >= 11 is 2.87. The van der Waals surface area contributed by atoms with Crippen molar-refractivity contribution >= 4 is 44.8 Å². The number of anilines is 2. The van der Waals surface area contributed by atoms with E-state index >= 15 is 0 Å². The first kappa shape index (κ1) is 26.0. The maximum Gasteiger partial charge on any atom is 0.233 e. The van der Waals surface area contributed by atoms with Crippen LogP contribution in [0.15, 0.2) is 49.1 Å². The molecule has 4 heterocycles. The van der Waals surface area contributed by atoms with E-state index in [1.807, 2.05) is 38.1 Å². The van der Waals surface area contributed by atoms with E-state index in [4.69, 9.17) is 0 Å². The van der Waals surface area contributed by atoms with Gasteiger partial charge < -0.3 is 10.6 Å². The van der Waals surface area contributed by atoms with Gasteiger partial charge in [-0.15, -0.1) is 20.4 Å². The fourth-order valence-electron chi connectivity index (χ4n) is 4.56. The van der Waals surface area contributed by atoms with E-state index in [-0.39, 0.29) is 23.7 Å². The van der Waals surface area contributed by atoms with E-state index in [1.54, 1.807) is 24.8 Å². The Morgan fingerprint density at radius 3 is 2.08 bits per heavy atom. The molecule has 0 aliphatic heterocycles. The molecule has 2 N–H and O–H groups in total. The summed E-state index contributed by atoms with van der Waals surface area (Å²) in [6.07, 6.45) is 10.6. The third kappa shape index (κ3) is 6.25. The molecule has 1 aliphatic carbocycles. The zero-order chi connectivity index (χ0) is 26.5. The van der Waals surface area contributed by atoms with Crippen LogP contribution in [-0.4, -0.2) is 42.2 Å². The predicted octanol–water partition coefficient (Wildman–Crippen LogP) is 4.79. The van der Waals surface area contributed by atoms with Gasteiger partial charge >= 0.3 is 0 Å². The van der Waals surface area contributed by atoms with Gasteiger partial charge in [0, 0.05) is 37.1 Å². The molecule has 2 unspecified atom stereocenters. The first-order chi connectivity index (χ1) is 18.5. The summed E-state index contributed by atoms with van der Waals surface area (Å²) in [5, 5.41) is 25.7. The molecule has 38 heavy (non-hydrogen) atoms. The zero-order valence-electron chi connectivity index (χ0n) is 21.1. The number of hydrogen-bond donors (Lipinski definition) is 2. The minimum absolute atomic E-state index is 0.126. The van der Waals surface area contributed by atoms with Gasteiger partial charge in [0.1, 0.15) is 10.0 Å². The summed E-state index contributed by atoms with van der Waals surface area (Å²) in [6.45, 7) is 3.69. The Kier molecular flexibility index (Phi) is 8.08. The molecule has 10 nitrogen and oxygen atoms in total. The van der Waals surface area contributed by atoms with Crippen LogP contribution in [0.4, 0.5) is 10.3 Å². The summed E-state index contributed by atoms with van der Waals surface area (Å²) in [4.78, 5) is 33.4. The standard InChI is InChI=1S/C26H28N8O2S2/c1-15(19-5-3-9-27-13-19)22(35)29-25-33-31-21(37-25)12-17-7-8-18(11-17)24-32-34-26(38-24)30-23(36)16(2)20-6-4-10-28-14-20/h3-6,9-10,13-18H,7-8,11-12H2,1-2H3,(H,29,33,35)(H,30,34,36)/t15?,16?,17-,18+/m0/s1. The van der Waals surface area contributed by atoms with Gasteiger partial charge in [0.2, 0.25) is 22.1 Å². The third-order valence-electron chi connectivity index (χ3n) is 6.88. The molecule has 0 aromatic carbocycles. The molecule has 4 aromatic rings. The highest BCUT2D eigenvalue weighted by atomic mass is 32.1. The molecule has 4 aromatic heterocycles. The van der Waals surface area contributed by atoms with E-state index in [9.17, 15) is 9.59 Å². The van der Waals surface area contributed by atoms with E-state index in [2.05, 4.69) is 41.0 Å². The Labute approximate surface area is 228 Å². The fourth-order valence-corrected chi connectivity index (χ4v) is 6.31. The summed E-state index contributed by atoms with van der Waals surface area (Å²) in [5.74, 6) is -0.141. The van der Waals surface area contributed by atoms with Crippen LogP contribution < -0.4 is 10.6 Å². The second kappa shape index (κ2) is 11.8. The molecule has 0 bridgehead atoms. The lowest BCUT2D eigenvalue weighted by molar-refractivity contribution is -0.118. The highest BCUT2D eigenvalue weighted by Crippen LogP contribution is 2.41. The van der Waals surface area contributed by atoms with E-state index in [0.717, 1.165) is 46.8 Å². The number of pyridine rings is 2. The molecule has 1 aliphatic rings. The first-order valence-electron chi connectivity index (χ1n) is 12.5. The number of aromatic nitrogens is 6. The molecular weight excluding hydrogens is 520 g/mol. The number of hydrogen-bond acceptors (Lipinski definition) is 10. The van der Waals surface area contributed by atoms with Crippen molar-refractivity contribution in [3.05, 3.63) is 70.2 Å². The van der Waals surface area contributed by atoms with E-state index in [1.165, 1.54) is 22.7 Å². The van der Waals surface area contributed by atoms with E-state index < -0.39 is 0 Å². The number of carbonyl (C=O) groups is 2. The molecular formula is C26H28N8O2S2. The number of amides is 2. The smallest absolute Gasteiger partial charge is 0.233 e. The van der Waals surface area contributed by atoms with Crippen molar-refractivity contribution in [1.29, 1.82) is 0 Å². The lowest BCUT2D eigenvalue weighted by Gasteiger charge is -2.10. The molecule has 0 radical (unpaired) electrons. The number of carbonyl (C=O) groups excluding carboxylic acids is 2. The number of rotatable bonds is 9. The molecule has 12 heteroatoms. The SMILES string of the molecule is CC(C(=O)Nc1nnc(C[C@H]2CC[C@@H](c3nnc(NC(=O)C(C)c4cccnc4)s3)C2)s1)c1cccnc1. The number of nitrogens with one attached hydrogen (secondary N) is 2. The third-order valence-corrected chi connectivity index (χ3v) is 8.74. The lowest BCUT2D eigenvalue weighted by atomic mass is 10.0. The molecule has 4 atom stereocenters. The van der Waals surface area contributed by atoms with Gasteiger partial charge in [0.25, 0.3) is 0 Å². The quantitative estimate of drug-likeness (QED) is 0.305. The van der Waals surface area contributed by atoms with Gasteiger partial charge in [0.15, 0.2) is 0 Å². The summed E-state index contributed by atoms with van der Waals surface area (Å²) in [5.41, 5.74) is 1.71. The van der Waals surface area contributed by atoms with Crippen LogP contribution in [0.3, 0.4) is 0 Å². The average molecular weight is 549 g/mol. The van der Waals surface area contributed by atoms with Gasteiger partial charge in [-0.05, 0) is 62.3 Å². The van der Waals surface area contributed by atoms with Gasteiger partial charge in [-0.3, -0.25) is 19.6 Å². The summed E-state index contributed by atoms with van der Waals surface area (Å²) in [7, 11) is 0. The summed E-state index contributed by atoms with van der Waals surface area (Å²) < 4.78 is 0. The van der Waals surface area contributed by atoms with Crippen LogP contribution in [-0.2, 0) is 16.0 Å². The van der Waals surface area contributed by atoms with Crippen LogP contribution in [0.1, 0.15) is 72.0 Å². The predicted molar refractivity (Wildman–Crippen MR) is 146 cm³/mol. The van der Waals surface area contributed by atoms with Gasteiger partial charge in [0.05, 0.1) is 11.8 Å². The molecule has 2 amide bonds. The molecule has 5 rings (SSSR count). The fraction of sp³-hybridized carbons (Fsp3) is 0.385. The van der Waals surface area contributed by atoms with Crippen molar-refractivity contribution in [2.45, 2.75) is 57.3 Å². The molecule has 1 fully saturated rings. The van der Waals surface area contributed by atoms with Crippen LogP contribution in [0, 0.1) is 5.92 Å². The van der Waals surface area contributed by atoms with Crippen LogP contribution >= 0.6 is 22.7 Å². The normalized spacial score (nSPS) is 18.6. The van der Waals surface area contributed by atoms with Gasteiger partial charge in [-0.25, -0.2) is 0 Å². The topological polar surface area (TPSA) is 136 Å². The Hall–Kier alpha value is -3.64. The highest BCUT2D eigenvalue weighted by Gasteiger charge is 2.30. The first-order valence-corrected chi connectivity index (χ1v) is 14.2. The molecule has 0 saturated heterocycles. The molecule has 0 spiro atoms. The molecule has 196 valence electrons. The lowest BCUT2D eigenvalue weighted by Crippen LogP contribution is -2.18. The van der Waals surface area contributed by atoms with Gasteiger partial charge in [-0.1, -0.05) is 34.8 Å². The van der Waals surface area contributed by atoms with Gasteiger partial charge in [-0.2, -0.15) is 0 Å². The van der Waals surface area contributed by atoms with Crippen molar-refractivity contribution in [3.63, 3.8) is 0 Å². The average Bonchev–Trinajstić information content (AvgIpc) is 3.71.